The van der Waals surface area contributed by atoms with Crippen molar-refractivity contribution in [1.29, 1.82) is 0 Å². The molecule has 0 unspecified atom stereocenters. The van der Waals surface area contributed by atoms with E-state index in [0.29, 0.717) is 8.96 Å². The lowest BCUT2D eigenvalue weighted by molar-refractivity contribution is 0.405. The number of aromatic hydroxyl groups is 3. The predicted octanol–water partition coefficient (Wildman–Crippen LogP) is 2.97. The third-order valence-corrected chi connectivity index (χ3v) is 4.93. The van der Waals surface area contributed by atoms with Gasteiger partial charge in [-0.2, -0.15) is 0 Å². The fourth-order valence-electron chi connectivity index (χ4n) is 1.31. The molecule has 0 saturated carbocycles. The summed E-state index contributed by atoms with van der Waals surface area (Å²) >= 11 is 4.02. The van der Waals surface area contributed by atoms with Crippen LogP contribution in [0.15, 0.2) is 12.1 Å². The summed E-state index contributed by atoms with van der Waals surface area (Å²) in [7, 11) is 0. The average Bonchev–Trinajstić information content (AvgIpc) is 2.20. The van der Waals surface area contributed by atoms with Crippen molar-refractivity contribution in [3.63, 3.8) is 0 Å². The van der Waals surface area contributed by atoms with Crippen molar-refractivity contribution in [2.24, 2.45) is 0 Å². The molecule has 15 heavy (non-hydrogen) atoms. The van der Waals surface area contributed by atoms with Gasteiger partial charge in [0.25, 0.3) is 0 Å². The molecule has 2 rings (SSSR count). The van der Waals surface area contributed by atoms with Crippen LogP contribution in [0.1, 0.15) is 0 Å². The number of rotatable bonds is 0. The smallest absolute Gasteiger partial charge is 0.169 e. The van der Waals surface area contributed by atoms with Gasteiger partial charge in [0.1, 0.15) is 5.75 Å². The standard InChI is InChI=1S/C10H5I2O3/c11-5-3-4-1-2-6(13)9(14)7(4)10(15)8(5)12/h1-2,13-15H. The first-order chi connectivity index (χ1) is 7.02. The zero-order chi connectivity index (χ0) is 11.2. The summed E-state index contributed by atoms with van der Waals surface area (Å²) in [6, 6.07) is 5.99. The molecule has 0 atom stereocenters. The zero-order valence-corrected chi connectivity index (χ0v) is 11.6. The molecule has 0 fully saturated rings. The minimum Gasteiger partial charge on any atom is -0.506 e. The molecular weight excluding hydrogens is 422 g/mol. The summed E-state index contributed by atoms with van der Waals surface area (Å²) in [4.78, 5) is 0. The molecule has 77 valence electrons. The van der Waals surface area contributed by atoms with E-state index < -0.39 is 0 Å². The normalized spacial score (nSPS) is 10.8. The Bertz CT molecular complexity index is 552. The highest BCUT2D eigenvalue weighted by Crippen LogP contribution is 2.42. The molecule has 0 heterocycles. The third-order valence-electron chi connectivity index (χ3n) is 2.04. The highest BCUT2D eigenvalue weighted by Gasteiger charge is 2.14. The van der Waals surface area contributed by atoms with Crippen molar-refractivity contribution < 1.29 is 15.3 Å². The Hall–Kier alpha value is -0.440. The van der Waals surface area contributed by atoms with E-state index in [0.717, 1.165) is 3.57 Å². The van der Waals surface area contributed by atoms with Gasteiger partial charge in [-0.05, 0) is 62.7 Å². The number of halogens is 2. The van der Waals surface area contributed by atoms with Crippen LogP contribution in [0.2, 0.25) is 0 Å². The number of hydrogen-bond acceptors (Lipinski definition) is 3. The Morgan fingerprint density at radius 3 is 2.33 bits per heavy atom. The van der Waals surface area contributed by atoms with E-state index in [1.807, 2.05) is 22.6 Å². The van der Waals surface area contributed by atoms with Crippen LogP contribution in [0, 0.1) is 13.2 Å². The van der Waals surface area contributed by atoms with Crippen molar-refractivity contribution in [2.75, 3.05) is 0 Å². The first-order valence-corrected chi connectivity index (χ1v) is 6.12. The number of benzene rings is 2. The number of phenols is 3. The van der Waals surface area contributed by atoms with Crippen LogP contribution in [-0.2, 0) is 0 Å². The second kappa shape index (κ2) is 3.85. The van der Waals surface area contributed by atoms with Crippen molar-refractivity contribution in [3.8, 4) is 17.2 Å². The van der Waals surface area contributed by atoms with Gasteiger partial charge in [0, 0.05) is 9.64 Å². The molecule has 2 aromatic carbocycles. The van der Waals surface area contributed by atoms with Gasteiger partial charge in [0.15, 0.2) is 11.5 Å². The van der Waals surface area contributed by atoms with E-state index in [4.69, 9.17) is 0 Å². The molecule has 0 amide bonds. The van der Waals surface area contributed by atoms with E-state index in [1.54, 1.807) is 6.07 Å². The Balaban J connectivity index is 3.00. The molecule has 3 N–H and O–H groups in total. The summed E-state index contributed by atoms with van der Waals surface area (Å²) in [5.41, 5.74) is 0. The maximum absolute atomic E-state index is 9.84. The summed E-state index contributed by atoms with van der Waals surface area (Å²) in [6.45, 7) is 0. The highest BCUT2D eigenvalue weighted by atomic mass is 127. The van der Waals surface area contributed by atoms with Gasteiger partial charge in [-0.3, -0.25) is 0 Å². The molecule has 0 aliphatic rings. The van der Waals surface area contributed by atoms with Gasteiger partial charge in [-0.25, -0.2) is 0 Å². The monoisotopic (exact) mass is 427 g/mol. The van der Waals surface area contributed by atoms with Crippen molar-refractivity contribution >= 4 is 56.0 Å². The lowest BCUT2D eigenvalue weighted by atomic mass is 10.1. The fourth-order valence-corrected chi connectivity index (χ4v) is 2.26. The van der Waals surface area contributed by atoms with E-state index in [-0.39, 0.29) is 22.6 Å². The summed E-state index contributed by atoms with van der Waals surface area (Å²) in [6.07, 6.45) is 0. The highest BCUT2D eigenvalue weighted by molar-refractivity contribution is 14.1. The van der Waals surface area contributed by atoms with Crippen LogP contribution in [0.5, 0.6) is 17.2 Å². The van der Waals surface area contributed by atoms with Crippen LogP contribution in [0.4, 0.5) is 0 Å². The topological polar surface area (TPSA) is 60.7 Å². The van der Waals surface area contributed by atoms with Gasteiger partial charge in [0.05, 0.1) is 8.96 Å². The molecule has 0 saturated heterocycles. The molecule has 0 aromatic heterocycles. The van der Waals surface area contributed by atoms with Crippen LogP contribution < -0.4 is 0 Å². The van der Waals surface area contributed by atoms with Crippen LogP contribution in [0.25, 0.3) is 10.8 Å². The second-order valence-corrected chi connectivity index (χ2v) is 5.11. The van der Waals surface area contributed by atoms with Gasteiger partial charge in [-0.15, -0.1) is 0 Å². The molecule has 5 heteroatoms. The number of phenolic OH excluding ortho intramolecular Hbond substituents is 3. The molecule has 0 spiro atoms. The van der Waals surface area contributed by atoms with Gasteiger partial charge >= 0.3 is 0 Å². The van der Waals surface area contributed by atoms with E-state index in [2.05, 4.69) is 28.7 Å². The number of hydrogen-bond donors (Lipinski definition) is 3. The average molecular weight is 427 g/mol. The Kier molecular flexibility index (Phi) is 2.84. The number of fused-ring (bicyclic) bond motifs is 1. The van der Waals surface area contributed by atoms with Crippen LogP contribution in [0.3, 0.4) is 0 Å². The molecule has 3 nitrogen and oxygen atoms in total. The largest absolute Gasteiger partial charge is 0.506 e. The molecular formula is C10H5I2O3. The van der Waals surface area contributed by atoms with E-state index in [1.165, 1.54) is 6.07 Å². The Labute approximate surface area is 113 Å². The molecule has 0 aliphatic heterocycles. The predicted molar refractivity (Wildman–Crippen MR) is 73.2 cm³/mol. The van der Waals surface area contributed by atoms with Crippen molar-refractivity contribution in [3.05, 3.63) is 25.3 Å². The van der Waals surface area contributed by atoms with Crippen molar-refractivity contribution in [2.45, 2.75) is 0 Å². The van der Waals surface area contributed by atoms with Crippen LogP contribution >= 0.6 is 45.2 Å². The first kappa shape index (κ1) is 11.1. The molecule has 0 aliphatic carbocycles. The lowest BCUT2D eigenvalue weighted by Crippen LogP contribution is -1.85. The third kappa shape index (κ3) is 1.71. The molecule has 1 radical (unpaired) electrons. The SMILES string of the molecule is Oc1ccc2[c]c(I)c(I)c(O)c2c1O. The lowest BCUT2D eigenvalue weighted by Gasteiger charge is -2.08. The Morgan fingerprint density at radius 2 is 1.67 bits per heavy atom. The van der Waals surface area contributed by atoms with E-state index in [9.17, 15) is 15.3 Å². The maximum atomic E-state index is 9.84. The quantitative estimate of drug-likeness (QED) is 0.448. The van der Waals surface area contributed by atoms with Crippen LogP contribution in [-0.4, -0.2) is 15.3 Å². The molecule has 2 aromatic rings. The van der Waals surface area contributed by atoms with Gasteiger partial charge in [-0.1, -0.05) is 0 Å². The minimum absolute atomic E-state index is 0.0258. The molecule has 0 bridgehead atoms. The summed E-state index contributed by atoms with van der Waals surface area (Å²) in [5, 5.41) is 29.6. The minimum atomic E-state index is -0.310. The maximum Gasteiger partial charge on any atom is 0.169 e. The first-order valence-electron chi connectivity index (χ1n) is 3.96. The van der Waals surface area contributed by atoms with Gasteiger partial charge in [0.2, 0.25) is 0 Å². The zero-order valence-electron chi connectivity index (χ0n) is 7.25. The second-order valence-electron chi connectivity index (χ2n) is 2.96. The Morgan fingerprint density at radius 1 is 1.00 bits per heavy atom. The summed E-state index contributed by atoms with van der Waals surface area (Å²) < 4.78 is 1.39. The van der Waals surface area contributed by atoms with Gasteiger partial charge < -0.3 is 15.3 Å². The van der Waals surface area contributed by atoms with Crippen molar-refractivity contribution in [1.82, 2.24) is 0 Å². The van der Waals surface area contributed by atoms with E-state index >= 15 is 0 Å². The summed E-state index contributed by atoms with van der Waals surface area (Å²) in [5.74, 6) is -0.582. The fraction of sp³-hybridized carbons (Fsp3) is 0.